The third-order valence-corrected chi connectivity index (χ3v) is 6.50. The molecule has 2 unspecified atom stereocenters. The number of ether oxygens (including phenoxy) is 3. The van der Waals surface area contributed by atoms with Crippen molar-refractivity contribution in [1.82, 2.24) is 10.2 Å². The molecule has 0 radical (unpaired) electrons. The molecule has 3 N–H and O–H groups in total. The second kappa shape index (κ2) is 8.81. The van der Waals surface area contributed by atoms with Crippen molar-refractivity contribution in [3.63, 3.8) is 0 Å². The lowest BCUT2D eigenvalue weighted by atomic mass is 9.73. The number of benzene rings is 2. The first-order chi connectivity index (χ1) is 17.2. The van der Waals surface area contributed by atoms with Crippen LogP contribution in [0.15, 0.2) is 58.5 Å². The van der Waals surface area contributed by atoms with E-state index in [9.17, 15) is 22.8 Å². The molecule has 0 saturated carbocycles. The number of H-pyrrole nitrogens is 2. The Bertz CT molecular complexity index is 1410. The van der Waals surface area contributed by atoms with Crippen molar-refractivity contribution in [3.8, 4) is 17.2 Å². The van der Waals surface area contributed by atoms with Crippen LogP contribution in [-0.4, -0.2) is 36.6 Å². The Morgan fingerprint density at radius 3 is 2.25 bits per heavy atom. The van der Waals surface area contributed by atoms with E-state index in [0.717, 1.165) is 5.56 Å². The fourth-order valence-electron chi connectivity index (χ4n) is 4.96. The first-order valence-corrected chi connectivity index (χ1v) is 11.1. The second-order valence-corrected chi connectivity index (χ2v) is 8.58. The third kappa shape index (κ3) is 4.21. The topological polar surface area (TPSA) is 105 Å². The number of hydrogen-bond donors (Lipinski definition) is 3. The van der Waals surface area contributed by atoms with Gasteiger partial charge in [-0.1, -0.05) is 18.2 Å². The second-order valence-electron chi connectivity index (χ2n) is 8.58. The van der Waals surface area contributed by atoms with E-state index in [-0.39, 0.29) is 23.9 Å². The number of methoxy groups -OCH3 is 2. The van der Waals surface area contributed by atoms with Gasteiger partial charge in [0.25, 0.3) is 5.56 Å². The van der Waals surface area contributed by atoms with Gasteiger partial charge >= 0.3 is 6.36 Å². The van der Waals surface area contributed by atoms with Crippen molar-refractivity contribution in [2.75, 3.05) is 19.5 Å². The van der Waals surface area contributed by atoms with Crippen LogP contribution in [0.25, 0.3) is 0 Å². The Balaban J connectivity index is 1.53. The molecule has 1 aromatic heterocycles. The molecule has 0 amide bonds. The number of halogens is 3. The van der Waals surface area contributed by atoms with E-state index in [1.165, 1.54) is 31.4 Å². The van der Waals surface area contributed by atoms with E-state index >= 15 is 0 Å². The average Bonchev–Trinajstić information content (AvgIpc) is 3.22. The smallest absolute Gasteiger partial charge is 0.493 e. The maximum atomic E-state index is 13.5. The number of hydrogen-bond acceptors (Lipinski definition) is 6. The minimum atomic E-state index is -4.82. The number of alkyl halides is 3. The summed E-state index contributed by atoms with van der Waals surface area (Å²) in [7, 11) is 3.08. The number of allylic oxidation sites excluding steroid dienone is 2. The number of rotatable bonds is 5. The Labute approximate surface area is 203 Å². The minimum absolute atomic E-state index is 0.154. The molecule has 2 aromatic carbocycles. The summed E-state index contributed by atoms with van der Waals surface area (Å²) in [5.74, 6) is 0.0994. The van der Waals surface area contributed by atoms with Crippen LogP contribution in [0.3, 0.4) is 0 Å². The Morgan fingerprint density at radius 1 is 0.889 bits per heavy atom. The number of aromatic nitrogens is 2. The highest BCUT2D eigenvalue weighted by atomic mass is 19.4. The van der Waals surface area contributed by atoms with E-state index in [1.807, 2.05) is 12.1 Å². The number of carbonyl (C=O) groups is 1. The van der Waals surface area contributed by atoms with Crippen LogP contribution in [0.1, 0.15) is 41.4 Å². The first-order valence-electron chi connectivity index (χ1n) is 11.1. The zero-order valence-electron chi connectivity index (χ0n) is 19.3. The molecule has 0 fully saturated rings. The van der Waals surface area contributed by atoms with Crippen molar-refractivity contribution in [2.24, 2.45) is 0 Å². The van der Waals surface area contributed by atoms with Crippen LogP contribution in [0.5, 0.6) is 17.2 Å². The number of Topliss-reactive ketones (excluding diaryl/α,β-unsaturated/α-hetero) is 1. The summed E-state index contributed by atoms with van der Waals surface area (Å²) in [6.45, 7) is 0. The van der Waals surface area contributed by atoms with Crippen molar-refractivity contribution < 1.29 is 32.2 Å². The molecule has 36 heavy (non-hydrogen) atoms. The van der Waals surface area contributed by atoms with Gasteiger partial charge in [0.15, 0.2) is 17.3 Å². The molecular weight excluding hydrogens is 479 g/mol. The molecule has 0 spiro atoms. The van der Waals surface area contributed by atoms with Crippen LogP contribution in [-0.2, 0) is 4.79 Å². The van der Waals surface area contributed by atoms with Gasteiger partial charge in [0.2, 0.25) is 0 Å². The maximum Gasteiger partial charge on any atom is 0.573 e. The Kier molecular flexibility index (Phi) is 5.77. The number of aromatic amines is 2. The van der Waals surface area contributed by atoms with Crippen molar-refractivity contribution in [1.29, 1.82) is 0 Å². The van der Waals surface area contributed by atoms with E-state index in [1.54, 1.807) is 13.2 Å². The fourth-order valence-corrected chi connectivity index (χ4v) is 4.96. The molecule has 1 aliphatic heterocycles. The third-order valence-electron chi connectivity index (χ3n) is 6.50. The maximum absolute atomic E-state index is 13.5. The molecule has 1 aliphatic carbocycles. The quantitative estimate of drug-likeness (QED) is 0.473. The highest BCUT2D eigenvalue weighted by Gasteiger charge is 2.40. The molecule has 0 saturated heterocycles. The highest BCUT2D eigenvalue weighted by molar-refractivity contribution is 6.01. The molecule has 2 heterocycles. The van der Waals surface area contributed by atoms with E-state index in [2.05, 4.69) is 20.3 Å². The number of nitrogens with one attached hydrogen (secondary N) is 3. The van der Waals surface area contributed by atoms with Crippen LogP contribution in [0, 0.1) is 0 Å². The SMILES string of the molecule is COc1ccc(C2CC(=O)C3=C(C2)Nc2[nH][nH]c(=O)c2C3c2ccc(OC(F)(F)F)cc2)cc1OC. The molecule has 2 aliphatic rings. The predicted molar refractivity (Wildman–Crippen MR) is 124 cm³/mol. The minimum Gasteiger partial charge on any atom is -0.493 e. The molecule has 3 aromatic rings. The van der Waals surface area contributed by atoms with Crippen LogP contribution in [0.2, 0.25) is 0 Å². The van der Waals surface area contributed by atoms with Gasteiger partial charge in [-0.3, -0.25) is 19.8 Å². The lowest BCUT2D eigenvalue weighted by Crippen LogP contribution is -2.31. The first kappa shape index (κ1) is 23.6. The lowest BCUT2D eigenvalue weighted by Gasteiger charge is -2.34. The summed E-state index contributed by atoms with van der Waals surface area (Å²) in [6, 6.07) is 10.7. The van der Waals surface area contributed by atoms with Gasteiger partial charge in [-0.15, -0.1) is 13.2 Å². The average molecular weight is 501 g/mol. The van der Waals surface area contributed by atoms with Crippen LogP contribution < -0.4 is 25.1 Å². The fraction of sp³-hybridized carbons (Fsp3) is 0.280. The molecular formula is C25H22F3N3O5. The monoisotopic (exact) mass is 501 g/mol. The van der Waals surface area contributed by atoms with Crippen LogP contribution in [0.4, 0.5) is 19.0 Å². The van der Waals surface area contributed by atoms with Gasteiger partial charge in [-0.05, 0) is 47.7 Å². The summed E-state index contributed by atoms with van der Waals surface area (Å²) in [4.78, 5) is 26.2. The normalized spacial score (nSPS) is 19.3. The number of fused-ring (bicyclic) bond motifs is 1. The van der Waals surface area contributed by atoms with Crippen molar-refractivity contribution in [3.05, 3.63) is 80.8 Å². The molecule has 11 heteroatoms. The van der Waals surface area contributed by atoms with Crippen molar-refractivity contribution >= 4 is 11.6 Å². The number of ketones is 1. The van der Waals surface area contributed by atoms with Gasteiger partial charge in [0.05, 0.1) is 19.8 Å². The van der Waals surface area contributed by atoms with Gasteiger partial charge in [-0.25, -0.2) is 0 Å². The van der Waals surface area contributed by atoms with E-state index in [4.69, 9.17) is 9.47 Å². The number of anilines is 1. The predicted octanol–water partition coefficient (Wildman–Crippen LogP) is 4.58. The summed E-state index contributed by atoms with van der Waals surface area (Å²) < 4.78 is 52.5. The zero-order chi connectivity index (χ0) is 25.6. The molecule has 0 bridgehead atoms. The molecule has 8 nitrogen and oxygen atoms in total. The largest absolute Gasteiger partial charge is 0.573 e. The molecule has 188 valence electrons. The van der Waals surface area contributed by atoms with E-state index < -0.39 is 17.8 Å². The molecule has 2 atom stereocenters. The van der Waals surface area contributed by atoms with Crippen molar-refractivity contribution in [2.45, 2.75) is 31.0 Å². The highest BCUT2D eigenvalue weighted by Crippen LogP contribution is 2.47. The summed E-state index contributed by atoms with van der Waals surface area (Å²) in [5, 5.41) is 8.52. The van der Waals surface area contributed by atoms with Gasteiger partial charge in [-0.2, -0.15) is 0 Å². The van der Waals surface area contributed by atoms with Gasteiger partial charge in [0, 0.05) is 23.6 Å². The summed E-state index contributed by atoms with van der Waals surface area (Å²) in [5.41, 5.74) is 2.36. The lowest BCUT2D eigenvalue weighted by molar-refractivity contribution is -0.274. The standard InChI is InChI=1S/C25H22F3N3O5/c1-34-18-8-5-13(11-19(18)35-2)14-9-16-21(17(32)10-14)20(22-23(29-16)30-31-24(22)33)12-3-6-15(7-4-12)36-25(26,27)28/h3-8,11,14,20H,9-10H2,1-2H3,(H3,29,30,31,33). The summed E-state index contributed by atoms with van der Waals surface area (Å²) >= 11 is 0. The zero-order valence-corrected chi connectivity index (χ0v) is 19.3. The van der Waals surface area contributed by atoms with Crippen LogP contribution >= 0.6 is 0 Å². The Hall–Kier alpha value is -4.15. The van der Waals surface area contributed by atoms with Gasteiger partial charge in [0.1, 0.15) is 11.6 Å². The summed E-state index contributed by atoms with van der Waals surface area (Å²) in [6.07, 6.45) is -4.15. The molecule has 5 rings (SSSR count). The number of carbonyl (C=O) groups excluding carboxylic acids is 1. The Morgan fingerprint density at radius 2 is 1.58 bits per heavy atom. The van der Waals surface area contributed by atoms with Gasteiger partial charge < -0.3 is 19.5 Å². The van der Waals surface area contributed by atoms with E-state index in [0.29, 0.717) is 46.1 Å².